The van der Waals surface area contributed by atoms with Crippen LogP contribution in [-0.2, 0) is 6.42 Å². The molecule has 0 saturated heterocycles. The van der Waals surface area contributed by atoms with Crippen LogP contribution in [-0.4, -0.2) is 22.6 Å². The first-order chi connectivity index (χ1) is 10.2. The maximum atomic E-state index is 11.8. The fourth-order valence-corrected chi connectivity index (χ4v) is 2.10. The molecule has 1 amide bonds. The molecule has 0 radical (unpaired) electrons. The van der Waals surface area contributed by atoms with E-state index in [4.69, 9.17) is 4.42 Å². The fourth-order valence-electron chi connectivity index (χ4n) is 2.10. The average molecular weight is 283 g/mol. The van der Waals surface area contributed by atoms with E-state index in [-0.39, 0.29) is 17.2 Å². The molecular formula is C15H13N3O3. The number of nitrogens with one attached hydrogen (secondary N) is 2. The third-order valence-electron chi connectivity index (χ3n) is 3.15. The van der Waals surface area contributed by atoms with E-state index in [2.05, 4.69) is 15.5 Å². The van der Waals surface area contributed by atoms with Crippen molar-refractivity contribution < 1.29 is 9.21 Å². The van der Waals surface area contributed by atoms with Crippen molar-refractivity contribution in [1.82, 2.24) is 15.5 Å². The van der Waals surface area contributed by atoms with Gasteiger partial charge < -0.3 is 9.73 Å². The minimum atomic E-state index is -0.337. The zero-order valence-electron chi connectivity index (χ0n) is 11.1. The van der Waals surface area contributed by atoms with Gasteiger partial charge in [0.2, 0.25) is 0 Å². The van der Waals surface area contributed by atoms with Crippen LogP contribution in [0.5, 0.6) is 0 Å². The van der Waals surface area contributed by atoms with Gasteiger partial charge in [0.1, 0.15) is 11.3 Å². The molecule has 3 aromatic rings. The second kappa shape index (κ2) is 5.62. The van der Waals surface area contributed by atoms with Gasteiger partial charge in [0.05, 0.1) is 6.26 Å². The first-order valence-electron chi connectivity index (χ1n) is 6.53. The van der Waals surface area contributed by atoms with Crippen molar-refractivity contribution in [2.24, 2.45) is 0 Å². The summed E-state index contributed by atoms with van der Waals surface area (Å²) in [7, 11) is 0. The topological polar surface area (TPSA) is 88.0 Å². The second-order valence-electron chi connectivity index (χ2n) is 4.57. The van der Waals surface area contributed by atoms with E-state index in [1.165, 1.54) is 12.1 Å². The Hall–Kier alpha value is -2.89. The number of para-hydroxylation sites is 1. The van der Waals surface area contributed by atoms with Crippen LogP contribution >= 0.6 is 0 Å². The molecule has 0 aliphatic heterocycles. The molecule has 6 heteroatoms. The molecule has 2 heterocycles. The van der Waals surface area contributed by atoms with Crippen molar-refractivity contribution in [1.29, 1.82) is 0 Å². The van der Waals surface area contributed by atoms with Crippen molar-refractivity contribution in [3.05, 3.63) is 64.3 Å². The van der Waals surface area contributed by atoms with Crippen molar-refractivity contribution >= 4 is 16.9 Å². The number of hydrogen-bond donors (Lipinski definition) is 2. The van der Waals surface area contributed by atoms with Gasteiger partial charge in [-0.1, -0.05) is 18.2 Å². The SMILES string of the molecule is O=C(NCCc1coc2ccccc12)c1ccc(=O)[nH]n1. The molecule has 0 atom stereocenters. The highest BCUT2D eigenvalue weighted by atomic mass is 16.3. The zero-order chi connectivity index (χ0) is 14.7. The summed E-state index contributed by atoms with van der Waals surface area (Å²) in [6.07, 6.45) is 2.36. The van der Waals surface area contributed by atoms with E-state index < -0.39 is 0 Å². The summed E-state index contributed by atoms with van der Waals surface area (Å²) in [4.78, 5) is 22.7. The van der Waals surface area contributed by atoms with E-state index in [9.17, 15) is 9.59 Å². The number of aromatic nitrogens is 2. The highest BCUT2D eigenvalue weighted by molar-refractivity contribution is 5.92. The molecule has 0 unspecified atom stereocenters. The minimum Gasteiger partial charge on any atom is -0.464 e. The van der Waals surface area contributed by atoms with Crippen LogP contribution in [0.3, 0.4) is 0 Å². The van der Waals surface area contributed by atoms with Crippen molar-refractivity contribution in [2.45, 2.75) is 6.42 Å². The maximum absolute atomic E-state index is 11.8. The van der Waals surface area contributed by atoms with Gasteiger partial charge in [0.25, 0.3) is 11.5 Å². The van der Waals surface area contributed by atoms with Gasteiger partial charge in [-0.3, -0.25) is 9.59 Å². The van der Waals surface area contributed by atoms with Gasteiger partial charge >= 0.3 is 0 Å². The smallest absolute Gasteiger partial charge is 0.271 e. The van der Waals surface area contributed by atoms with E-state index in [1.807, 2.05) is 24.3 Å². The monoisotopic (exact) mass is 283 g/mol. The first-order valence-corrected chi connectivity index (χ1v) is 6.53. The van der Waals surface area contributed by atoms with E-state index in [1.54, 1.807) is 6.26 Å². The third kappa shape index (κ3) is 2.84. The summed E-state index contributed by atoms with van der Waals surface area (Å²) in [6.45, 7) is 0.461. The highest BCUT2D eigenvalue weighted by Crippen LogP contribution is 2.20. The second-order valence-corrected chi connectivity index (χ2v) is 4.57. The molecule has 3 rings (SSSR count). The van der Waals surface area contributed by atoms with Gasteiger partial charge in [-0.25, -0.2) is 5.10 Å². The zero-order valence-corrected chi connectivity index (χ0v) is 11.1. The van der Waals surface area contributed by atoms with Crippen LogP contribution in [0.25, 0.3) is 11.0 Å². The highest BCUT2D eigenvalue weighted by Gasteiger charge is 2.08. The summed E-state index contributed by atoms with van der Waals surface area (Å²) in [5.41, 5.74) is 1.73. The van der Waals surface area contributed by atoms with E-state index >= 15 is 0 Å². The Bertz CT molecular complexity index is 815. The number of carbonyl (C=O) groups excluding carboxylic acids is 1. The molecule has 21 heavy (non-hydrogen) atoms. The molecule has 106 valence electrons. The molecule has 0 aliphatic carbocycles. The lowest BCUT2D eigenvalue weighted by molar-refractivity contribution is 0.0948. The lowest BCUT2D eigenvalue weighted by Gasteiger charge is -2.03. The molecule has 2 N–H and O–H groups in total. The Morgan fingerprint density at radius 2 is 2.10 bits per heavy atom. The van der Waals surface area contributed by atoms with Gasteiger partial charge in [-0.15, -0.1) is 0 Å². The predicted molar refractivity (Wildman–Crippen MR) is 77.1 cm³/mol. The van der Waals surface area contributed by atoms with Gasteiger partial charge in [-0.2, -0.15) is 5.10 Å². The van der Waals surface area contributed by atoms with Gasteiger partial charge in [0, 0.05) is 18.0 Å². The summed E-state index contributed by atoms with van der Waals surface area (Å²) in [5, 5.41) is 9.71. The molecule has 6 nitrogen and oxygen atoms in total. The number of fused-ring (bicyclic) bond motifs is 1. The van der Waals surface area contributed by atoms with Crippen LogP contribution in [0.15, 0.2) is 51.9 Å². The molecule has 0 saturated carbocycles. The number of aromatic amines is 1. The summed E-state index contributed by atoms with van der Waals surface area (Å²) in [6, 6.07) is 10.4. The number of hydrogen-bond acceptors (Lipinski definition) is 4. The normalized spacial score (nSPS) is 10.7. The molecule has 2 aromatic heterocycles. The van der Waals surface area contributed by atoms with Crippen LogP contribution in [0.4, 0.5) is 0 Å². The number of H-pyrrole nitrogens is 1. The Labute approximate surface area is 119 Å². The average Bonchev–Trinajstić information content (AvgIpc) is 2.91. The maximum Gasteiger partial charge on any atom is 0.271 e. The van der Waals surface area contributed by atoms with E-state index in [0.717, 1.165) is 16.5 Å². The largest absolute Gasteiger partial charge is 0.464 e. The van der Waals surface area contributed by atoms with Crippen LogP contribution < -0.4 is 10.9 Å². The molecular weight excluding hydrogens is 270 g/mol. The van der Waals surface area contributed by atoms with Crippen molar-refractivity contribution in [3.63, 3.8) is 0 Å². The summed E-state index contributed by atoms with van der Waals surface area (Å²) in [5.74, 6) is -0.320. The number of benzene rings is 1. The summed E-state index contributed by atoms with van der Waals surface area (Å²) >= 11 is 0. The molecule has 1 aromatic carbocycles. The summed E-state index contributed by atoms with van der Waals surface area (Å²) < 4.78 is 5.44. The number of furan rings is 1. The van der Waals surface area contributed by atoms with Crippen molar-refractivity contribution in [2.75, 3.05) is 6.54 Å². The third-order valence-corrected chi connectivity index (χ3v) is 3.15. The lowest BCUT2D eigenvalue weighted by Crippen LogP contribution is -2.27. The lowest BCUT2D eigenvalue weighted by atomic mass is 10.1. The Morgan fingerprint density at radius 1 is 1.24 bits per heavy atom. The predicted octanol–water partition coefficient (Wildman–Crippen LogP) is 1.49. The molecule has 0 spiro atoms. The Balaban J connectivity index is 1.62. The Morgan fingerprint density at radius 3 is 2.90 bits per heavy atom. The Kier molecular flexibility index (Phi) is 3.51. The molecule has 0 fully saturated rings. The number of rotatable bonds is 4. The standard InChI is InChI=1S/C15H13N3O3/c19-14-6-5-12(17-18-14)15(20)16-8-7-10-9-21-13-4-2-1-3-11(10)13/h1-6,9H,7-8H2,(H,16,20)(H,18,19). The molecule has 0 bridgehead atoms. The van der Waals surface area contributed by atoms with E-state index in [0.29, 0.717) is 13.0 Å². The van der Waals surface area contributed by atoms with Crippen molar-refractivity contribution in [3.8, 4) is 0 Å². The number of amides is 1. The van der Waals surface area contributed by atoms with Crippen LogP contribution in [0.2, 0.25) is 0 Å². The minimum absolute atomic E-state index is 0.187. The van der Waals surface area contributed by atoms with Crippen LogP contribution in [0.1, 0.15) is 16.1 Å². The molecule has 0 aliphatic rings. The quantitative estimate of drug-likeness (QED) is 0.759. The number of nitrogens with zero attached hydrogens (tertiary/aromatic N) is 1. The van der Waals surface area contributed by atoms with Crippen LogP contribution in [0, 0.1) is 0 Å². The van der Waals surface area contributed by atoms with Gasteiger partial charge in [-0.05, 0) is 24.1 Å². The fraction of sp³-hybridized carbons (Fsp3) is 0.133. The number of carbonyl (C=O) groups is 1. The van der Waals surface area contributed by atoms with Gasteiger partial charge in [0.15, 0.2) is 0 Å². The first kappa shape index (κ1) is 13.1.